The summed E-state index contributed by atoms with van der Waals surface area (Å²) < 4.78 is 140. The van der Waals surface area contributed by atoms with E-state index in [1.165, 1.54) is 0 Å². The molecule has 0 heterocycles. The van der Waals surface area contributed by atoms with E-state index in [1.54, 1.807) is 0 Å². The van der Waals surface area contributed by atoms with Crippen molar-refractivity contribution in [2.75, 3.05) is 13.1 Å². The van der Waals surface area contributed by atoms with Gasteiger partial charge in [0.25, 0.3) is 5.91 Å². The zero-order valence-electron chi connectivity index (χ0n) is 11.8. The maximum Gasteiger partial charge on any atom is 0.462 e. The van der Waals surface area contributed by atoms with Gasteiger partial charge < -0.3 is 4.90 Å². The molecule has 0 aliphatic rings. The first-order chi connectivity index (χ1) is 10.4. The van der Waals surface area contributed by atoms with Crippen molar-refractivity contribution in [1.82, 2.24) is 4.90 Å². The summed E-state index contributed by atoms with van der Waals surface area (Å²) in [6.45, 7) is 0.560. The Morgan fingerprint density at radius 1 is 0.792 bits per heavy atom. The topological polar surface area (TPSA) is 29.5 Å². The molecule has 0 rings (SSSR count). The summed E-state index contributed by atoms with van der Waals surface area (Å²) in [7, 11) is 0. The number of ether oxygens (including phenoxy) is 1. The zero-order valence-corrected chi connectivity index (χ0v) is 11.8. The smallest absolute Gasteiger partial charge is 0.338 e. The summed E-state index contributed by atoms with van der Waals surface area (Å²) in [6, 6.07) is 0. The monoisotopic (exact) mass is 385 g/mol. The van der Waals surface area contributed by atoms with Gasteiger partial charge in [0.2, 0.25) is 0 Å². The van der Waals surface area contributed by atoms with Crippen LogP contribution < -0.4 is 0 Å². The molecular weight excluding hydrogens is 375 g/mol. The van der Waals surface area contributed by atoms with Gasteiger partial charge in [-0.2, -0.15) is 48.3 Å². The molecule has 3 nitrogen and oxygen atoms in total. The van der Waals surface area contributed by atoms with Gasteiger partial charge in [-0.25, -0.2) is 0 Å². The number of nitrogens with zero attached hydrogens (tertiary/aromatic N) is 1. The van der Waals surface area contributed by atoms with Gasteiger partial charge in [0.1, 0.15) is 0 Å². The molecular formula is C10H10F11NO2. The lowest BCUT2D eigenvalue weighted by Gasteiger charge is -2.36. The number of carbonyl (C=O) groups excluding carboxylic acids is 1. The first kappa shape index (κ1) is 22.7. The Kier molecular flexibility index (Phi) is 6.15. The van der Waals surface area contributed by atoms with Crippen LogP contribution in [0.25, 0.3) is 0 Å². The van der Waals surface area contributed by atoms with Crippen molar-refractivity contribution in [1.29, 1.82) is 0 Å². The Balaban J connectivity index is 6.05. The van der Waals surface area contributed by atoms with E-state index in [1.807, 2.05) is 0 Å². The molecule has 0 fully saturated rings. The van der Waals surface area contributed by atoms with Crippen molar-refractivity contribution < 1.29 is 57.8 Å². The molecule has 1 unspecified atom stereocenters. The van der Waals surface area contributed by atoms with Gasteiger partial charge >= 0.3 is 30.2 Å². The minimum absolute atomic E-state index is 0.0741. The lowest BCUT2D eigenvalue weighted by atomic mass is 10.2. The molecule has 0 aliphatic carbocycles. The predicted octanol–water partition coefficient (Wildman–Crippen LogP) is 3.89. The lowest BCUT2D eigenvalue weighted by molar-refractivity contribution is -0.473. The molecule has 1 amide bonds. The molecule has 0 N–H and O–H groups in total. The van der Waals surface area contributed by atoms with Crippen LogP contribution in [0.2, 0.25) is 0 Å². The highest BCUT2D eigenvalue weighted by molar-refractivity contribution is 5.84. The first-order valence-electron chi connectivity index (χ1n) is 5.96. The number of alkyl halides is 11. The maximum atomic E-state index is 13.8. The van der Waals surface area contributed by atoms with Crippen LogP contribution in [0.3, 0.4) is 0 Å². The van der Waals surface area contributed by atoms with Crippen LogP contribution in [-0.4, -0.2) is 54.1 Å². The number of likely N-dealkylation sites (N-methyl/N-ethyl adjacent to an activating group) is 1. The maximum absolute atomic E-state index is 13.8. The molecule has 144 valence electrons. The van der Waals surface area contributed by atoms with E-state index < -0.39 is 49.2 Å². The average molecular weight is 385 g/mol. The van der Waals surface area contributed by atoms with Crippen LogP contribution in [0.1, 0.15) is 13.8 Å². The van der Waals surface area contributed by atoms with Crippen LogP contribution in [0, 0.1) is 0 Å². The predicted molar refractivity (Wildman–Crippen MR) is 54.9 cm³/mol. The normalized spacial score (nSPS) is 16.7. The first-order valence-corrected chi connectivity index (χ1v) is 5.96. The molecule has 0 aromatic rings. The Labute approximate surface area is 127 Å². The summed E-state index contributed by atoms with van der Waals surface area (Å²) in [5.74, 6) is -16.2. The fraction of sp³-hybridized carbons (Fsp3) is 0.900. The third kappa shape index (κ3) is 3.83. The molecule has 0 saturated carbocycles. The third-order valence-electron chi connectivity index (χ3n) is 2.68. The number of rotatable bonds is 6. The van der Waals surface area contributed by atoms with Crippen LogP contribution in [0.4, 0.5) is 48.3 Å². The largest absolute Gasteiger partial charge is 0.462 e. The van der Waals surface area contributed by atoms with Gasteiger partial charge in [0.15, 0.2) is 0 Å². The summed E-state index contributed by atoms with van der Waals surface area (Å²) in [4.78, 5) is 11.3. The molecule has 0 aromatic carbocycles. The van der Waals surface area contributed by atoms with E-state index >= 15 is 0 Å². The van der Waals surface area contributed by atoms with Gasteiger partial charge in [-0.15, -0.1) is 0 Å². The Morgan fingerprint density at radius 2 is 1.17 bits per heavy atom. The van der Waals surface area contributed by atoms with Crippen molar-refractivity contribution in [3.05, 3.63) is 0 Å². The van der Waals surface area contributed by atoms with Crippen LogP contribution in [0.5, 0.6) is 0 Å². The van der Waals surface area contributed by atoms with Crippen LogP contribution >= 0.6 is 0 Å². The average Bonchev–Trinajstić information content (AvgIpc) is 2.36. The minimum atomic E-state index is -7.19. The molecule has 0 saturated heterocycles. The summed E-state index contributed by atoms with van der Waals surface area (Å²) in [5.41, 5.74) is 0. The third-order valence-corrected chi connectivity index (χ3v) is 2.68. The van der Waals surface area contributed by atoms with Crippen molar-refractivity contribution >= 4 is 5.91 Å². The minimum Gasteiger partial charge on any atom is -0.338 e. The second-order valence-corrected chi connectivity index (χ2v) is 4.26. The standard InChI is InChI=1S/C10H10F11NO2/c1-3-22(4-2)5(23)6(11,8(14,15)16)24-10(20,21)7(12,13)9(17,18)19/h3-4H2,1-2H3. The van der Waals surface area contributed by atoms with Gasteiger partial charge in [-0.3, -0.25) is 9.53 Å². The quantitative estimate of drug-likeness (QED) is 0.650. The number of hydrogen-bond acceptors (Lipinski definition) is 2. The Bertz CT molecular complexity index is 455. The Hall–Kier alpha value is -1.34. The zero-order chi connectivity index (χ0) is 19.8. The molecule has 0 spiro atoms. The van der Waals surface area contributed by atoms with E-state index in [2.05, 4.69) is 4.74 Å². The number of amides is 1. The van der Waals surface area contributed by atoms with Crippen molar-refractivity contribution in [2.45, 2.75) is 44.1 Å². The van der Waals surface area contributed by atoms with Crippen molar-refractivity contribution in [3.63, 3.8) is 0 Å². The highest BCUT2D eigenvalue weighted by Gasteiger charge is 2.79. The summed E-state index contributed by atoms with van der Waals surface area (Å²) in [5, 5.41) is 0. The molecule has 24 heavy (non-hydrogen) atoms. The van der Waals surface area contributed by atoms with Gasteiger partial charge in [0, 0.05) is 13.1 Å². The van der Waals surface area contributed by atoms with E-state index in [0.29, 0.717) is 0 Å². The lowest BCUT2D eigenvalue weighted by Crippen LogP contribution is -2.64. The number of carbonyl (C=O) groups is 1. The fourth-order valence-electron chi connectivity index (χ4n) is 1.34. The SMILES string of the molecule is CCN(CC)C(=O)C(F)(OC(F)(F)C(F)(F)C(F)(F)F)C(F)(F)F. The van der Waals surface area contributed by atoms with Gasteiger partial charge in [-0.05, 0) is 13.8 Å². The second kappa shape index (κ2) is 6.52. The van der Waals surface area contributed by atoms with Gasteiger partial charge in [0.05, 0.1) is 0 Å². The van der Waals surface area contributed by atoms with E-state index in [-0.39, 0.29) is 4.90 Å². The van der Waals surface area contributed by atoms with Crippen molar-refractivity contribution in [2.24, 2.45) is 0 Å². The molecule has 14 heteroatoms. The van der Waals surface area contributed by atoms with Crippen LogP contribution in [-0.2, 0) is 9.53 Å². The summed E-state index contributed by atoms with van der Waals surface area (Å²) >= 11 is 0. The molecule has 0 aromatic heterocycles. The highest BCUT2D eigenvalue weighted by atomic mass is 19.4. The fourth-order valence-corrected chi connectivity index (χ4v) is 1.34. The molecule has 0 bridgehead atoms. The molecule has 0 aliphatic heterocycles. The van der Waals surface area contributed by atoms with E-state index in [4.69, 9.17) is 0 Å². The Morgan fingerprint density at radius 3 is 1.42 bits per heavy atom. The van der Waals surface area contributed by atoms with Gasteiger partial charge in [-0.1, -0.05) is 0 Å². The summed E-state index contributed by atoms with van der Waals surface area (Å²) in [6.07, 6.45) is -20.7. The highest BCUT2D eigenvalue weighted by Crippen LogP contribution is 2.51. The van der Waals surface area contributed by atoms with Crippen LogP contribution in [0.15, 0.2) is 0 Å². The molecule has 1 atom stereocenters. The van der Waals surface area contributed by atoms with Crippen molar-refractivity contribution in [3.8, 4) is 0 Å². The second-order valence-electron chi connectivity index (χ2n) is 4.26. The number of halogens is 11. The molecule has 0 radical (unpaired) electrons. The van der Waals surface area contributed by atoms with E-state index in [9.17, 15) is 53.1 Å². The van der Waals surface area contributed by atoms with E-state index in [0.717, 1.165) is 13.8 Å². The number of hydrogen-bond donors (Lipinski definition) is 0.